The number of methoxy groups -OCH3 is 1. The fourth-order valence-electron chi connectivity index (χ4n) is 1.61. The van der Waals surface area contributed by atoms with Crippen LogP contribution in [0.3, 0.4) is 0 Å². The Labute approximate surface area is 101 Å². The summed E-state index contributed by atoms with van der Waals surface area (Å²) in [7, 11) is 1.63. The van der Waals surface area contributed by atoms with Gasteiger partial charge in [-0.1, -0.05) is 5.16 Å². The standard InChI is InChI=1S/C12H18N2O3/c1-8-6-10(12(13)14-15)7-9(2)11(8)17-5-4-16-3/h6-7,15H,4-5H2,1-3H3,(H2,13,14). The summed E-state index contributed by atoms with van der Waals surface area (Å²) >= 11 is 0. The lowest BCUT2D eigenvalue weighted by Crippen LogP contribution is -2.14. The van der Waals surface area contributed by atoms with Crippen LogP contribution >= 0.6 is 0 Å². The van der Waals surface area contributed by atoms with Gasteiger partial charge in [0, 0.05) is 12.7 Å². The third-order valence-corrected chi connectivity index (χ3v) is 2.40. The smallest absolute Gasteiger partial charge is 0.170 e. The quantitative estimate of drug-likeness (QED) is 0.267. The molecule has 0 aliphatic heterocycles. The van der Waals surface area contributed by atoms with Gasteiger partial charge in [-0.15, -0.1) is 0 Å². The van der Waals surface area contributed by atoms with Gasteiger partial charge in [0.05, 0.1) is 6.61 Å². The van der Waals surface area contributed by atoms with Gasteiger partial charge in [0.2, 0.25) is 0 Å². The molecule has 17 heavy (non-hydrogen) atoms. The van der Waals surface area contributed by atoms with Crippen molar-refractivity contribution in [2.75, 3.05) is 20.3 Å². The van der Waals surface area contributed by atoms with Crippen LogP contribution in [0.1, 0.15) is 16.7 Å². The average Bonchev–Trinajstić information content (AvgIpc) is 2.31. The monoisotopic (exact) mass is 238 g/mol. The third kappa shape index (κ3) is 3.35. The van der Waals surface area contributed by atoms with Crippen LogP contribution in [0.5, 0.6) is 5.75 Å². The third-order valence-electron chi connectivity index (χ3n) is 2.40. The Balaban J connectivity index is 2.94. The van der Waals surface area contributed by atoms with E-state index in [0.29, 0.717) is 18.8 Å². The Morgan fingerprint density at radius 2 is 1.88 bits per heavy atom. The second-order valence-electron chi connectivity index (χ2n) is 3.77. The van der Waals surface area contributed by atoms with Gasteiger partial charge in [-0.05, 0) is 37.1 Å². The Bertz CT molecular complexity index is 393. The van der Waals surface area contributed by atoms with E-state index >= 15 is 0 Å². The van der Waals surface area contributed by atoms with Crippen molar-refractivity contribution < 1.29 is 14.7 Å². The summed E-state index contributed by atoms with van der Waals surface area (Å²) in [6, 6.07) is 3.65. The lowest BCUT2D eigenvalue weighted by atomic mass is 10.1. The number of oxime groups is 1. The highest BCUT2D eigenvalue weighted by molar-refractivity contribution is 5.97. The molecule has 0 aliphatic rings. The maximum Gasteiger partial charge on any atom is 0.170 e. The second kappa shape index (κ2) is 6.10. The molecule has 0 saturated heterocycles. The van der Waals surface area contributed by atoms with Crippen molar-refractivity contribution in [1.29, 1.82) is 0 Å². The summed E-state index contributed by atoms with van der Waals surface area (Å²) in [4.78, 5) is 0. The molecule has 0 bridgehead atoms. The van der Waals surface area contributed by atoms with E-state index in [0.717, 1.165) is 16.9 Å². The van der Waals surface area contributed by atoms with Gasteiger partial charge in [-0.25, -0.2) is 0 Å². The highest BCUT2D eigenvalue weighted by Gasteiger charge is 2.08. The van der Waals surface area contributed by atoms with E-state index < -0.39 is 0 Å². The average molecular weight is 238 g/mol. The number of hydrogen-bond acceptors (Lipinski definition) is 4. The molecular weight excluding hydrogens is 220 g/mol. The van der Waals surface area contributed by atoms with Gasteiger partial charge in [0.25, 0.3) is 0 Å². The Morgan fingerprint density at radius 3 is 2.35 bits per heavy atom. The van der Waals surface area contributed by atoms with Crippen LogP contribution in [0.15, 0.2) is 17.3 Å². The summed E-state index contributed by atoms with van der Waals surface area (Å²) in [5, 5.41) is 11.6. The molecule has 5 nitrogen and oxygen atoms in total. The molecule has 0 unspecified atom stereocenters. The summed E-state index contributed by atoms with van der Waals surface area (Å²) in [6.45, 7) is 4.88. The number of nitrogens with zero attached hydrogens (tertiary/aromatic N) is 1. The van der Waals surface area contributed by atoms with Crippen molar-refractivity contribution in [3.05, 3.63) is 28.8 Å². The number of amidine groups is 1. The maximum atomic E-state index is 8.63. The number of nitrogens with two attached hydrogens (primary N) is 1. The zero-order chi connectivity index (χ0) is 12.8. The molecule has 3 N–H and O–H groups in total. The molecule has 0 atom stereocenters. The molecule has 0 fully saturated rings. The zero-order valence-electron chi connectivity index (χ0n) is 10.4. The van der Waals surface area contributed by atoms with Crippen molar-refractivity contribution >= 4 is 5.84 Å². The number of benzene rings is 1. The molecule has 1 rings (SSSR count). The maximum absolute atomic E-state index is 8.63. The molecule has 94 valence electrons. The first-order valence-electron chi connectivity index (χ1n) is 5.31. The molecule has 0 heterocycles. The van der Waals surface area contributed by atoms with Gasteiger partial charge in [-0.3, -0.25) is 0 Å². The molecule has 1 aromatic rings. The van der Waals surface area contributed by atoms with Crippen LogP contribution in [0, 0.1) is 13.8 Å². The lowest BCUT2D eigenvalue weighted by molar-refractivity contribution is 0.145. The van der Waals surface area contributed by atoms with Gasteiger partial charge >= 0.3 is 0 Å². The van der Waals surface area contributed by atoms with Crippen LogP contribution < -0.4 is 10.5 Å². The Kier molecular flexibility index (Phi) is 4.78. The van der Waals surface area contributed by atoms with Crippen LogP contribution in [-0.4, -0.2) is 31.4 Å². The second-order valence-corrected chi connectivity index (χ2v) is 3.77. The summed E-state index contributed by atoms with van der Waals surface area (Å²) in [5.41, 5.74) is 8.12. The van der Waals surface area contributed by atoms with E-state index in [4.69, 9.17) is 20.4 Å². The minimum absolute atomic E-state index is 0.0969. The number of aryl methyl sites for hydroxylation is 2. The molecule has 0 saturated carbocycles. The Hall–Kier alpha value is -1.75. The molecule has 1 aromatic carbocycles. The fraction of sp³-hybridized carbons (Fsp3) is 0.417. The number of ether oxygens (including phenoxy) is 2. The number of rotatable bonds is 5. The van der Waals surface area contributed by atoms with E-state index in [9.17, 15) is 0 Å². The van der Waals surface area contributed by atoms with Crippen molar-refractivity contribution in [2.45, 2.75) is 13.8 Å². The molecular formula is C12H18N2O3. The van der Waals surface area contributed by atoms with Crippen LogP contribution in [0.4, 0.5) is 0 Å². The minimum atomic E-state index is 0.0969. The van der Waals surface area contributed by atoms with Gasteiger partial charge in [0.15, 0.2) is 5.84 Å². The van der Waals surface area contributed by atoms with Crippen molar-refractivity contribution in [1.82, 2.24) is 0 Å². The van der Waals surface area contributed by atoms with Gasteiger partial charge in [0.1, 0.15) is 12.4 Å². The SMILES string of the molecule is COCCOc1c(C)cc(C(N)=NO)cc1C. The molecule has 5 heteroatoms. The topological polar surface area (TPSA) is 77.1 Å². The first-order chi connectivity index (χ1) is 8.10. The van der Waals surface area contributed by atoms with E-state index in [1.165, 1.54) is 0 Å². The van der Waals surface area contributed by atoms with Crippen molar-refractivity contribution in [2.24, 2.45) is 10.9 Å². The normalized spacial score (nSPS) is 11.6. The summed E-state index contributed by atoms with van der Waals surface area (Å²) < 4.78 is 10.5. The van der Waals surface area contributed by atoms with Gasteiger partial charge < -0.3 is 20.4 Å². The Morgan fingerprint density at radius 1 is 1.29 bits per heavy atom. The van der Waals surface area contributed by atoms with Crippen LogP contribution in [0.2, 0.25) is 0 Å². The molecule has 0 amide bonds. The van der Waals surface area contributed by atoms with E-state index in [-0.39, 0.29) is 5.84 Å². The molecule has 0 aromatic heterocycles. The largest absolute Gasteiger partial charge is 0.491 e. The van der Waals surface area contributed by atoms with Crippen LogP contribution in [-0.2, 0) is 4.74 Å². The summed E-state index contributed by atoms with van der Waals surface area (Å²) in [6.07, 6.45) is 0. The molecule has 0 aliphatic carbocycles. The number of hydrogen-bond donors (Lipinski definition) is 2. The van der Waals surface area contributed by atoms with E-state index in [1.807, 2.05) is 26.0 Å². The highest BCUT2D eigenvalue weighted by Crippen LogP contribution is 2.24. The predicted octanol–water partition coefficient (Wildman–Crippen LogP) is 1.42. The zero-order valence-corrected chi connectivity index (χ0v) is 10.4. The first-order valence-corrected chi connectivity index (χ1v) is 5.31. The van der Waals surface area contributed by atoms with E-state index in [1.54, 1.807) is 7.11 Å². The first kappa shape index (κ1) is 13.3. The van der Waals surface area contributed by atoms with Gasteiger partial charge in [-0.2, -0.15) is 0 Å². The fourth-order valence-corrected chi connectivity index (χ4v) is 1.61. The van der Waals surface area contributed by atoms with E-state index in [2.05, 4.69) is 5.16 Å². The lowest BCUT2D eigenvalue weighted by Gasteiger charge is -2.13. The van der Waals surface area contributed by atoms with Crippen LogP contribution in [0.25, 0.3) is 0 Å². The highest BCUT2D eigenvalue weighted by atomic mass is 16.5. The van der Waals surface area contributed by atoms with Crippen molar-refractivity contribution in [3.63, 3.8) is 0 Å². The minimum Gasteiger partial charge on any atom is -0.491 e. The molecule has 0 spiro atoms. The predicted molar refractivity (Wildman–Crippen MR) is 65.8 cm³/mol. The summed E-state index contributed by atoms with van der Waals surface area (Å²) in [5.74, 6) is 0.913. The molecule has 0 radical (unpaired) electrons. The van der Waals surface area contributed by atoms with Crippen molar-refractivity contribution in [3.8, 4) is 5.75 Å².